The summed E-state index contributed by atoms with van der Waals surface area (Å²) in [5.74, 6) is 0.116. The van der Waals surface area contributed by atoms with Crippen LogP contribution in [-0.4, -0.2) is 27.6 Å². The Bertz CT molecular complexity index is 957. The summed E-state index contributed by atoms with van der Waals surface area (Å²) in [5.41, 5.74) is 2.69. The zero-order valence-electron chi connectivity index (χ0n) is 14.9. The van der Waals surface area contributed by atoms with Gasteiger partial charge in [0.25, 0.3) is 5.91 Å². The quantitative estimate of drug-likeness (QED) is 0.356. The maximum Gasteiger partial charge on any atom is 0.266 e. The molecule has 0 bridgehead atoms. The third-order valence-corrected chi connectivity index (χ3v) is 6.59. The van der Waals surface area contributed by atoms with Crippen LogP contribution in [0.4, 0.5) is 5.69 Å². The number of aromatic hydroxyl groups is 1. The number of para-hydroxylation sites is 1. The molecule has 0 aromatic heterocycles. The number of hydrogen-bond acceptors (Lipinski definition) is 4. The number of rotatable bonds is 4. The second-order valence-electron chi connectivity index (χ2n) is 5.86. The molecular formula is C20H18I2N2O2S. The van der Waals surface area contributed by atoms with Crippen molar-refractivity contribution in [2.24, 2.45) is 4.99 Å². The van der Waals surface area contributed by atoms with E-state index in [4.69, 9.17) is 4.99 Å². The Morgan fingerprint density at radius 2 is 1.96 bits per heavy atom. The van der Waals surface area contributed by atoms with E-state index in [2.05, 4.69) is 58.2 Å². The van der Waals surface area contributed by atoms with E-state index in [-0.39, 0.29) is 11.7 Å². The maximum absolute atomic E-state index is 12.8. The molecule has 1 aliphatic rings. The summed E-state index contributed by atoms with van der Waals surface area (Å²) in [6.45, 7) is 4.58. The number of aryl methyl sites for hydroxylation is 1. The Morgan fingerprint density at radius 3 is 2.67 bits per heavy atom. The van der Waals surface area contributed by atoms with E-state index in [9.17, 15) is 9.90 Å². The van der Waals surface area contributed by atoms with E-state index >= 15 is 0 Å². The molecule has 0 radical (unpaired) electrons. The van der Waals surface area contributed by atoms with Crippen molar-refractivity contribution in [3.05, 3.63) is 59.6 Å². The van der Waals surface area contributed by atoms with Gasteiger partial charge in [-0.15, -0.1) is 0 Å². The van der Waals surface area contributed by atoms with E-state index in [1.165, 1.54) is 11.8 Å². The highest BCUT2D eigenvalue weighted by atomic mass is 127. The number of nitrogens with zero attached hydrogens (tertiary/aromatic N) is 2. The van der Waals surface area contributed by atoms with Crippen molar-refractivity contribution < 1.29 is 9.90 Å². The van der Waals surface area contributed by atoms with Crippen molar-refractivity contribution in [1.29, 1.82) is 0 Å². The summed E-state index contributed by atoms with van der Waals surface area (Å²) in [5, 5.41) is 11.0. The number of likely N-dealkylation sites (N-methyl/N-ethyl adjacent to an activating group) is 1. The van der Waals surface area contributed by atoms with Crippen LogP contribution in [0.2, 0.25) is 0 Å². The molecule has 4 nitrogen and oxygen atoms in total. The first-order chi connectivity index (χ1) is 12.9. The lowest BCUT2D eigenvalue weighted by Crippen LogP contribution is -2.28. The first-order valence-corrected chi connectivity index (χ1v) is 11.5. The molecule has 1 heterocycles. The molecule has 1 amide bonds. The van der Waals surface area contributed by atoms with Crippen molar-refractivity contribution in [2.45, 2.75) is 20.3 Å². The standard InChI is InChI=1S/C20H18I2N2O2S/c1-3-12-7-5-6-8-16(12)23-20-24(4-2)19(26)17(27-20)10-13-9-14(21)11-15(22)18(13)25/h5-11,25H,3-4H2,1-2H3/b17-10+,23-20?. The highest BCUT2D eigenvalue weighted by molar-refractivity contribution is 14.1. The van der Waals surface area contributed by atoms with Crippen molar-refractivity contribution in [2.75, 3.05) is 6.54 Å². The number of thioether (sulfide) groups is 1. The lowest BCUT2D eigenvalue weighted by Gasteiger charge is -2.13. The first kappa shape index (κ1) is 20.7. The van der Waals surface area contributed by atoms with Gasteiger partial charge < -0.3 is 5.11 Å². The van der Waals surface area contributed by atoms with Crippen molar-refractivity contribution in [3.8, 4) is 5.75 Å². The fourth-order valence-corrected chi connectivity index (χ4v) is 5.67. The number of hydrogen-bond donors (Lipinski definition) is 1. The number of phenolic OH excluding ortho intramolecular Hbond substituents is 1. The van der Waals surface area contributed by atoms with Gasteiger partial charge in [0.05, 0.1) is 14.2 Å². The Balaban J connectivity index is 2.02. The number of aliphatic imine (C=N–C) groups is 1. The van der Waals surface area contributed by atoms with Crippen LogP contribution in [0.25, 0.3) is 6.08 Å². The fourth-order valence-electron chi connectivity index (χ4n) is 2.73. The third-order valence-electron chi connectivity index (χ3n) is 4.14. The van der Waals surface area contributed by atoms with Crippen LogP contribution in [0.5, 0.6) is 5.75 Å². The molecule has 0 spiro atoms. The number of amidine groups is 1. The predicted molar refractivity (Wildman–Crippen MR) is 129 cm³/mol. The van der Waals surface area contributed by atoms with Crippen LogP contribution >= 0.6 is 56.9 Å². The second-order valence-corrected chi connectivity index (χ2v) is 9.28. The smallest absolute Gasteiger partial charge is 0.266 e. The fraction of sp³-hybridized carbons (Fsp3) is 0.200. The van der Waals surface area contributed by atoms with Crippen LogP contribution < -0.4 is 0 Å². The molecule has 3 rings (SSSR count). The molecule has 140 valence electrons. The number of halogens is 2. The van der Waals surface area contributed by atoms with Crippen molar-refractivity contribution in [1.82, 2.24) is 4.90 Å². The molecule has 1 saturated heterocycles. The molecule has 0 unspecified atom stereocenters. The number of amides is 1. The minimum absolute atomic E-state index is 0.0801. The predicted octanol–water partition coefficient (Wildman–Crippen LogP) is 5.79. The van der Waals surface area contributed by atoms with Crippen LogP contribution in [0.3, 0.4) is 0 Å². The van der Waals surface area contributed by atoms with E-state index < -0.39 is 0 Å². The van der Waals surface area contributed by atoms with E-state index in [1.54, 1.807) is 11.0 Å². The zero-order chi connectivity index (χ0) is 19.6. The number of benzene rings is 2. The lowest BCUT2D eigenvalue weighted by atomic mass is 10.1. The molecule has 27 heavy (non-hydrogen) atoms. The van der Waals surface area contributed by atoms with Gasteiger partial charge in [-0.1, -0.05) is 25.1 Å². The van der Waals surface area contributed by atoms with Gasteiger partial charge in [0.15, 0.2) is 5.17 Å². The molecule has 0 aliphatic carbocycles. The average molecular weight is 604 g/mol. The van der Waals surface area contributed by atoms with Gasteiger partial charge in [-0.2, -0.15) is 0 Å². The number of carbonyl (C=O) groups is 1. The minimum atomic E-state index is -0.0801. The van der Waals surface area contributed by atoms with E-state index in [1.807, 2.05) is 37.3 Å². The largest absolute Gasteiger partial charge is 0.506 e. The average Bonchev–Trinajstić information content (AvgIpc) is 2.94. The number of phenols is 1. The Kier molecular flexibility index (Phi) is 6.85. The van der Waals surface area contributed by atoms with Crippen LogP contribution in [0.1, 0.15) is 25.0 Å². The Morgan fingerprint density at radius 1 is 1.22 bits per heavy atom. The topological polar surface area (TPSA) is 52.9 Å². The molecule has 7 heteroatoms. The summed E-state index contributed by atoms with van der Waals surface area (Å²) in [6, 6.07) is 11.8. The SMILES string of the molecule is CCc1ccccc1N=C1S/C(=C/c2cc(I)cc(I)c2O)C(=O)N1CC. The highest BCUT2D eigenvalue weighted by Crippen LogP contribution is 2.37. The summed E-state index contributed by atoms with van der Waals surface area (Å²) in [6.07, 6.45) is 2.64. The van der Waals surface area contributed by atoms with E-state index in [0.717, 1.165) is 24.8 Å². The lowest BCUT2D eigenvalue weighted by molar-refractivity contribution is -0.122. The van der Waals surface area contributed by atoms with Crippen LogP contribution in [-0.2, 0) is 11.2 Å². The monoisotopic (exact) mass is 604 g/mol. The molecule has 2 aromatic carbocycles. The molecule has 1 N–H and O–H groups in total. The highest BCUT2D eigenvalue weighted by Gasteiger charge is 2.32. The number of carbonyl (C=O) groups excluding carboxylic acids is 1. The van der Waals surface area contributed by atoms with Gasteiger partial charge in [0, 0.05) is 15.7 Å². The van der Waals surface area contributed by atoms with Crippen LogP contribution in [0.15, 0.2) is 46.3 Å². The summed E-state index contributed by atoms with van der Waals surface area (Å²) >= 11 is 5.65. The molecule has 0 atom stereocenters. The maximum atomic E-state index is 12.8. The molecule has 1 fully saturated rings. The van der Waals surface area contributed by atoms with Gasteiger partial charge in [0.1, 0.15) is 5.75 Å². The zero-order valence-corrected chi connectivity index (χ0v) is 20.0. The first-order valence-electron chi connectivity index (χ1n) is 8.50. The molecule has 1 aliphatic heterocycles. The summed E-state index contributed by atoms with van der Waals surface area (Å²) in [4.78, 5) is 19.9. The Labute approximate surface area is 190 Å². The van der Waals surface area contributed by atoms with Crippen molar-refractivity contribution >= 4 is 79.8 Å². The van der Waals surface area contributed by atoms with Gasteiger partial charge in [-0.3, -0.25) is 9.69 Å². The van der Waals surface area contributed by atoms with Crippen molar-refractivity contribution in [3.63, 3.8) is 0 Å². The molecule has 0 saturated carbocycles. The van der Waals surface area contributed by atoms with Gasteiger partial charge in [-0.05, 0) is 100 Å². The van der Waals surface area contributed by atoms with Gasteiger partial charge >= 0.3 is 0 Å². The van der Waals surface area contributed by atoms with Crippen LogP contribution in [0, 0.1) is 7.14 Å². The normalized spacial score (nSPS) is 17.3. The Hall–Kier alpha value is -1.07. The van der Waals surface area contributed by atoms with Gasteiger partial charge in [-0.25, -0.2) is 4.99 Å². The molecular weight excluding hydrogens is 586 g/mol. The summed E-state index contributed by atoms with van der Waals surface area (Å²) in [7, 11) is 0. The third kappa shape index (κ3) is 4.51. The van der Waals surface area contributed by atoms with E-state index in [0.29, 0.717) is 22.2 Å². The van der Waals surface area contributed by atoms with Gasteiger partial charge in [0.2, 0.25) is 0 Å². The second kappa shape index (κ2) is 8.95. The summed E-state index contributed by atoms with van der Waals surface area (Å²) < 4.78 is 1.77. The molecule has 2 aromatic rings. The minimum Gasteiger partial charge on any atom is -0.506 e.